The van der Waals surface area contributed by atoms with Crippen LogP contribution in [0.3, 0.4) is 0 Å². The van der Waals surface area contributed by atoms with Crippen LogP contribution in [0, 0.1) is 13.8 Å². The van der Waals surface area contributed by atoms with Crippen LogP contribution in [-0.2, 0) is 16.4 Å². The van der Waals surface area contributed by atoms with Crippen LogP contribution in [0.5, 0.6) is 0 Å². The first kappa shape index (κ1) is 27.6. The maximum Gasteiger partial charge on any atom is 0.295 e. The number of rotatable bonds is 9. The molecule has 0 aromatic carbocycles. The molecule has 0 amide bonds. The molecule has 0 spiro atoms. The van der Waals surface area contributed by atoms with Gasteiger partial charge in [0.1, 0.15) is 22.6 Å². The van der Waals surface area contributed by atoms with Crippen LogP contribution in [0.15, 0.2) is 28.4 Å². The van der Waals surface area contributed by atoms with Crippen LogP contribution in [0.4, 0.5) is 14.6 Å². The maximum absolute atomic E-state index is 14.0. The van der Waals surface area contributed by atoms with Crippen LogP contribution in [-0.4, -0.2) is 60.1 Å². The summed E-state index contributed by atoms with van der Waals surface area (Å²) in [6.45, 7) is 6.11. The third-order valence-corrected chi connectivity index (χ3v) is 8.46. The highest BCUT2D eigenvalue weighted by Crippen LogP contribution is 2.43. The first-order chi connectivity index (χ1) is 19.0. The number of hydrogen-bond acceptors (Lipinski definition) is 11. The minimum atomic E-state index is -3.48. The van der Waals surface area contributed by atoms with E-state index in [-0.39, 0.29) is 51.7 Å². The van der Waals surface area contributed by atoms with Gasteiger partial charge in [0.05, 0.1) is 41.0 Å². The standard InChI is InChI=1S/C25H27F2N9O3S/c1-5-40(38,39)16-8-28-17(29-9-16)10-30-23-25(37)36(14(4)21(26)27)24-19(34-23)13(3)33-22(35-24)18-12(2)31-11-32-20(18)15-6-7-15/h8-9,11,14-15,21H,5-7,10H2,1-4H3,(H,30,34). The SMILES string of the molecule is CCS(=O)(=O)c1cnc(CNc2nc3c(C)nc(-c4c(C)ncnc4C4CC4)nc3n(C(C)C(F)F)c2=O)nc1. The van der Waals surface area contributed by atoms with Crippen LogP contribution in [0.2, 0.25) is 0 Å². The second-order valence-corrected chi connectivity index (χ2v) is 11.9. The van der Waals surface area contributed by atoms with Crippen molar-refractivity contribution in [1.29, 1.82) is 0 Å². The highest BCUT2D eigenvalue weighted by molar-refractivity contribution is 7.91. The molecule has 1 aliphatic rings. The van der Waals surface area contributed by atoms with Gasteiger partial charge in [0, 0.05) is 18.3 Å². The van der Waals surface area contributed by atoms with Gasteiger partial charge in [0.15, 0.2) is 27.1 Å². The third kappa shape index (κ3) is 5.12. The predicted octanol–water partition coefficient (Wildman–Crippen LogP) is 3.16. The Morgan fingerprint density at radius 1 is 1.05 bits per heavy atom. The van der Waals surface area contributed by atoms with E-state index in [1.807, 2.05) is 0 Å². The second kappa shape index (κ2) is 10.5. The summed E-state index contributed by atoms with van der Waals surface area (Å²) in [6, 6.07) is -1.52. The molecular formula is C25H27F2N9O3S. The number of aromatic nitrogens is 8. The van der Waals surface area contributed by atoms with Crippen LogP contribution in [0.1, 0.15) is 61.6 Å². The van der Waals surface area contributed by atoms with Crippen molar-refractivity contribution in [3.63, 3.8) is 0 Å². The molecule has 4 aromatic rings. The fourth-order valence-corrected chi connectivity index (χ4v) is 5.06. The summed E-state index contributed by atoms with van der Waals surface area (Å²) in [5, 5.41) is 2.80. The summed E-state index contributed by atoms with van der Waals surface area (Å²) in [7, 11) is -3.48. The Bertz CT molecular complexity index is 1760. The Labute approximate surface area is 228 Å². The number of alkyl halides is 2. The highest BCUT2D eigenvalue weighted by Gasteiger charge is 2.31. The molecule has 1 N–H and O–H groups in total. The van der Waals surface area contributed by atoms with E-state index in [1.54, 1.807) is 13.8 Å². The molecular weight excluding hydrogens is 544 g/mol. The molecule has 12 nitrogen and oxygen atoms in total. The fourth-order valence-electron chi connectivity index (χ4n) is 4.30. The van der Waals surface area contributed by atoms with Gasteiger partial charge in [-0.1, -0.05) is 6.92 Å². The van der Waals surface area contributed by atoms with E-state index in [4.69, 9.17) is 0 Å². The molecule has 0 saturated heterocycles. The Balaban J connectivity index is 1.59. The number of fused-ring (bicyclic) bond motifs is 1. The average molecular weight is 572 g/mol. The molecule has 15 heteroatoms. The van der Waals surface area contributed by atoms with Crippen molar-refractivity contribution in [3.05, 3.63) is 52.0 Å². The lowest BCUT2D eigenvalue weighted by Gasteiger charge is -2.19. The molecule has 1 unspecified atom stereocenters. The van der Waals surface area contributed by atoms with E-state index in [2.05, 4.69) is 40.2 Å². The summed E-state index contributed by atoms with van der Waals surface area (Å²) in [6.07, 6.45) is 2.92. The zero-order chi connectivity index (χ0) is 28.8. The van der Waals surface area contributed by atoms with Crippen molar-refractivity contribution < 1.29 is 17.2 Å². The van der Waals surface area contributed by atoms with Crippen LogP contribution >= 0.6 is 0 Å². The largest absolute Gasteiger partial charge is 0.358 e. The zero-order valence-electron chi connectivity index (χ0n) is 22.3. The molecule has 4 aromatic heterocycles. The molecule has 1 fully saturated rings. The average Bonchev–Trinajstić information content (AvgIpc) is 3.77. The van der Waals surface area contributed by atoms with E-state index >= 15 is 0 Å². The van der Waals surface area contributed by atoms with Gasteiger partial charge in [0.25, 0.3) is 12.0 Å². The van der Waals surface area contributed by atoms with E-state index < -0.39 is 27.9 Å². The maximum atomic E-state index is 14.0. The first-order valence-electron chi connectivity index (χ1n) is 12.7. The van der Waals surface area contributed by atoms with Gasteiger partial charge in [-0.2, -0.15) is 0 Å². The van der Waals surface area contributed by atoms with E-state index in [0.29, 0.717) is 17.0 Å². The Morgan fingerprint density at radius 3 is 2.38 bits per heavy atom. The van der Waals surface area contributed by atoms with E-state index in [9.17, 15) is 22.0 Å². The minimum absolute atomic E-state index is 0.0248. The summed E-state index contributed by atoms with van der Waals surface area (Å²) in [5.74, 6) is 0.365. The lowest BCUT2D eigenvalue weighted by molar-refractivity contribution is 0.0916. The lowest BCUT2D eigenvalue weighted by Crippen LogP contribution is -2.31. The fraction of sp³-hybridized carbons (Fsp3) is 0.440. The Hall–Kier alpha value is -4.01. The normalized spacial score (nSPS) is 14.6. The molecule has 1 aliphatic carbocycles. The molecule has 40 heavy (non-hydrogen) atoms. The summed E-state index contributed by atoms with van der Waals surface area (Å²) >= 11 is 0. The van der Waals surface area contributed by atoms with Gasteiger partial charge in [-0.15, -0.1) is 0 Å². The van der Waals surface area contributed by atoms with E-state index in [1.165, 1.54) is 32.6 Å². The van der Waals surface area contributed by atoms with Gasteiger partial charge < -0.3 is 5.32 Å². The van der Waals surface area contributed by atoms with Gasteiger partial charge in [0.2, 0.25) is 0 Å². The van der Waals surface area contributed by atoms with Crippen molar-refractivity contribution in [1.82, 2.24) is 39.5 Å². The number of sulfone groups is 1. The molecule has 1 atom stereocenters. The van der Waals surface area contributed by atoms with Gasteiger partial charge >= 0.3 is 0 Å². The Morgan fingerprint density at radius 2 is 1.75 bits per heavy atom. The van der Waals surface area contributed by atoms with Gasteiger partial charge in [-0.05, 0) is 33.6 Å². The predicted molar refractivity (Wildman–Crippen MR) is 142 cm³/mol. The summed E-state index contributed by atoms with van der Waals surface area (Å²) in [5.41, 5.74) is 1.80. The molecule has 0 radical (unpaired) electrons. The number of anilines is 1. The van der Waals surface area contributed by atoms with Crippen LogP contribution in [0.25, 0.3) is 22.6 Å². The molecule has 1 saturated carbocycles. The lowest BCUT2D eigenvalue weighted by atomic mass is 10.1. The second-order valence-electron chi connectivity index (χ2n) is 9.60. The number of hydrogen-bond donors (Lipinski definition) is 1. The number of nitrogens with zero attached hydrogens (tertiary/aromatic N) is 8. The summed E-state index contributed by atoms with van der Waals surface area (Å²) in [4.78, 5) is 43.8. The van der Waals surface area contributed by atoms with Gasteiger partial charge in [-0.3, -0.25) is 9.36 Å². The van der Waals surface area contributed by atoms with Crippen molar-refractivity contribution in [2.75, 3.05) is 11.1 Å². The quantitative estimate of drug-likeness (QED) is 0.314. The topological polar surface area (TPSA) is 158 Å². The van der Waals surface area contributed by atoms with E-state index in [0.717, 1.165) is 23.1 Å². The van der Waals surface area contributed by atoms with Crippen LogP contribution < -0.4 is 10.9 Å². The molecule has 0 bridgehead atoms. The number of nitrogens with one attached hydrogen (secondary N) is 1. The molecule has 5 rings (SSSR count). The van der Waals surface area contributed by atoms with Gasteiger partial charge in [-0.25, -0.2) is 52.1 Å². The molecule has 0 aliphatic heterocycles. The summed E-state index contributed by atoms with van der Waals surface area (Å²) < 4.78 is 52.9. The first-order valence-corrected chi connectivity index (χ1v) is 14.4. The number of halogens is 2. The highest BCUT2D eigenvalue weighted by atomic mass is 32.2. The van der Waals surface area contributed by atoms with Crippen molar-refractivity contribution in [2.45, 2.75) is 70.4 Å². The molecule has 4 heterocycles. The Kier molecular flexibility index (Phi) is 7.25. The minimum Gasteiger partial charge on any atom is -0.358 e. The van der Waals surface area contributed by atoms with Crippen molar-refractivity contribution in [3.8, 4) is 11.4 Å². The third-order valence-electron chi connectivity index (χ3n) is 6.77. The smallest absolute Gasteiger partial charge is 0.295 e. The molecule has 210 valence electrons. The van der Waals surface area contributed by atoms with Crippen molar-refractivity contribution in [2.24, 2.45) is 0 Å². The number of aryl methyl sites for hydroxylation is 2. The zero-order valence-corrected chi connectivity index (χ0v) is 23.1. The van der Waals surface area contributed by atoms with Crippen molar-refractivity contribution >= 4 is 26.8 Å². The monoisotopic (exact) mass is 571 g/mol.